The molecule has 0 unspecified atom stereocenters. The molecule has 0 bridgehead atoms. The van der Waals surface area contributed by atoms with Crippen LogP contribution in [-0.2, 0) is 6.42 Å². The molecule has 0 saturated heterocycles. The first-order valence-corrected chi connectivity index (χ1v) is 8.49. The maximum Gasteiger partial charge on any atom is 0.171 e. The van der Waals surface area contributed by atoms with E-state index in [2.05, 4.69) is 66.1 Å². The van der Waals surface area contributed by atoms with E-state index in [9.17, 15) is 0 Å². The van der Waals surface area contributed by atoms with E-state index in [4.69, 9.17) is 4.98 Å². The van der Waals surface area contributed by atoms with Crippen LogP contribution in [0.4, 0.5) is 5.82 Å². The maximum absolute atomic E-state index is 4.75. The van der Waals surface area contributed by atoms with Crippen molar-refractivity contribution in [2.24, 2.45) is 5.92 Å². The fourth-order valence-corrected chi connectivity index (χ4v) is 3.25. The van der Waals surface area contributed by atoms with Crippen molar-refractivity contribution in [3.8, 4) is 10.7 Å². The number of nitrogens with zero attached hydrogens (tertiary/aromatic N) is 2. The van der Waals surface area contributed by atoms with Gasteiger partial charge in [0.1, 0.15) is 5.82 Å². The molecule has 0 amide bonds. The number of rotatable bonds is 5. The molecule has 0 fully saturated rings. The molecule has 3 nitrogen and oxygen atoms in total. The fraction of sp³-hybridized carbons (Fsp3) is 0.467. The summed E-state index contributed by atoms with van der Waals surface area (Å²) in [7, 11) is 0. The van der Waals surface area contributed by atoms with Crippen LogP contribution in [0.2, 0.25) is 0 Å². The number of anilines is 1. The summed E-state index contributed by atoms with van der Waals surface area (Å²) >= 11 is 5.37. The van der Waals surface area contributed by atoms with Crippen LogP contribution in [0.5, 0.6) is 0 Å². The minimum absolute atomic E-state index is 0.564. The van der Waals surface area contributed by atoms with Crippen molar-refractivity contribution in [1.29, 1.82) is 0 Å². The van der Waals surface area contributed by atoms with Crippen LogP contribution in [0.3, 0.4) is 0 Å². The van der Waals surface area contributed by atoms with E-state index in [1.54, 1.807) is 11.3 Å². The van der Waals surface area contributed by atoms with Gasteiger partial charge in [-0.2, -0.15) is 0 Å². The highest BCUT2D eigenvalue weighted by Crippen LogP contribution is 2.31. The largest absolute Gasteiger partial charge is 0.369 e. The van der Waals surface area contributed by atoms with Crippen LogP contribution in [-0.4, -0.2) is 16.5 Å². The number of thiophene rings is 1. The van der Waals surface area contributed by atoms with Gasteiger partial charge in [-0.1, -0.05) is 13.8 Å². The molecule has 2 rings (SSSR count). The van der Waals surface area contributed by atoms with Gasteiger partial charge in [0.2, 0.25) is 0 Å². The fourth-order valence-electron chi connectivity index (χ4n) is 1.96. The van der Waals surface area contributed by atoms with Gasteiger partial charge in [-0.05, 0) is 54.2 Å². The Morgan fingerprint density at radius 2 is 2.05 bits per heavy atom. The SMILES string of the molecule is CCNc1nc(-c2ccc(C)s2)nc(CC(C)C)c1Br. The van der Waals surface area contributed by atoms with Crippen molar-refractivity contribution in [2.75, 3.05) is 11.9 Å². The van der Waals surface area contributed by atoms with Crippen LogP contribution in [0, 0.1) is 12.8 Å². The lowest BCUT2D eigenvalue weighted by Crippen LogP contribution is -2.07. The lowest BCUT2D eigenvalue weighted by atomic mass is 10.1. The molecule has 2 heterocycles. The van der Waals surface area contributed by atoms with E-state index < -0.39 is 0 Å². The van der Waals surface area contributed by atoms with Crippen molar-refractivity contribution in [1.82, 2.24) is 9.97 Å². The lowest BCUT2D eigenvalue weighted by Gasteiger charge is -2.13. The second-order valence-electron chi connectivity index (χ2n) is 5.20. The van der Waals surface area contributed by atoms with Gasteiger partial charge in [-0.3, -0.25) is 0 Å². The molecule has 0 aliphatic rings. The van der Waals surface area contributed by atoms with E-state index in [0.29, 0.717) is 5.92 Å². The van der Waals surface area contributed by atoms with Crippen LogP contribution in [0.1, 0.15) is 31.3 Å². The molecule has 0 saturated carbocycles. The standard InChI is InChI=1S/C15H20BrN3S/c1-5-17-15-13(16)11(8-9(2)3)18-14(19-15)12-7-6-10(4)20-12/h6-7,9H,5,8H2,1-4H3,(H,17,18,19). The average Bonchev–Trinajstić information content (AvgIpc) is 2.80. The van der Waals surface area contributed by atoms with Crippen molar-refractivity contribution in [3.05, 3.63) is 27.2 Å². The van der Waals surface area contributed by atoms with Crippen molar-refractivity contribution >= 4 is 33.1 Å². The van der Waals surface area contributed by atoms with Gasteiger partial charge in [0, 0.05) is 11.4 Å². The van der Waals surface area contributed by atoms with Crippen LogP contribution >= 0.6 is 27.3 Å². The van der Waals surface area contributed by atoms with Crippen molar-refractivity contribution in [3.63, 3.8) is 0 Å². The summed E-state index contributed by atoms with van der Waals surface area (Å²) in [4.78, 5) is 11.8. The number of nitrogens with one attached hydrogen (secondary N) is 1. The minimum atomic E-state index is 0.564. The topological polar surface area (TPSA) is 37.8 Å². The molecule has 2 aromatic heterocycles. The van der Waals surface area contributed by atoms with Crippen molar-refractivity contribution < 1.29 is 0 Å². The highest BCUT2D eigenvalue weighted by molar-refractivity contribution is 9.10. The third-order valence-corrected chi connectivity index (χ3v) is 4.66. The van der Waals surface area contributed by atoms with Gasteiger partial charge in [-0.25, -0.2) is 9.97 Å². The summed E-state index contributed by atoms with van der Waals surface area (Å²) in [5.74, 6) is 2.27. The Bertz CT molecular complexity index is 593. The van der Waals surface area contributed by atoms with Gasteiger partial charge in [0.15, 0.2) is 5.82 Å². The Hall–Kier alpha value is -0.940. The van der Waals surface area contributed by atoms with E-state index in [1.807, 2.05) is 0 Å². The minimum Gasteiger partial charge on any atom is -0.369 e. The number of halogens is 1. The van der Waals surface area contributed by atoms with Crippen LogP contribution < -0.4 is 5.32 Å². The molecule has 0 aromatic carbocycles. The summed E-state index contributed by atoms with van der Waals surface area (Å²) in [5.41, 5.74) is 1.08. The number of hydrogen-bond acceptors (Lipinski definition) is 4. The molecule has 0 radical (unpaired) electrons. The molecule has 0 aliphatic carbocycles. The highest BCUT2D eigenvalue weighted by Gasteiger charge is 2.15. The Labute approximate surface area is 133 Å². The summed E-state index contributed by atoms with van der Waals surface area (Å²) < 4.78 is 0.991. The predicted molar refractivity (Wildman–Crippen MR) is 90.5 cm³/mol. The van der Waals surface area contributed by atoms with E-state index in [-0.39, 0.29) is 0 Å². The molecule has 108 valence electrons. The molecule has 5 heteroatoms. The quantitative estimate of drug-likeness (QED) is 0.829. The third kappa shape index (κ3) is 3.58. The van der Waals surface area contributed by atoms with Gasteiger partial charge in [0.05, 0.1) is 15.0 Å². The summed E-state index contributed by atoms with van der Waals surface area (Å²) in [6, 6.07) is 4.21. The Kier molecular flexibility index (Phi) is 5.16. The van der Waals surface area contributed by atoms with E-state index in [1.165, 1.54) is 4.88 Å². The first-order chi connectivity index (χ1) is 9.51. The van der Waals surface area contributed by atoms with Gasteiger partial charge in [0.25, 0.3) is 0 Å². The number of aryl methyl sites for hydroxylation is 1. The smallest absolute Gasteiger partial charge is 0.171 e. The zero-order valence-corrected chi connectivity index (χ0v) is 14.7. The zero-order chi connectivity index (χ0) is 14.7. The summed E-state index contributed by atoms with van der Waals surface area (Å²) in [6.45, 7) is 9.44. The second-order valence-corrected chi connectivity index (χ2v) is 7.28. The summed E-state index contributed by atoms with van der Waals surface area (Å²) in [6.07, 6.45) is 0.943. The van der Waals surface area contributed by atoms with Gasteiger partial charge in [-0.15, -0.1) is 11.3 Å². The molecular weight excluding hydrogens is 334 g/mol. The monoisotopic (exact) mass is 353 g/mol. The number of hydrogen-bond donors (Lipinski definition) is 1. The van der Waals surface area contributed by atoms with Crippen LogP contribution in [0.15, 0.2) is 16.6 Å². The maximum atomic E-state index is 4.75. The van der Waals surface area contributed by atoms with E-state index >= 15 is 0 Å². The molecule has 0 spiro atoms. The molecule has 1 N–H and O–H groups in total. The highest BCUT2D eigenvalue weighted by atomic mass is 79.9. The molecule has 2 aromatic rings. The Morgan fingerprint density at radius 1 is 1.30 bits per heavy atom. The Balaban J connectivity index is 2.49. The van der Waals surface area contributed by atoms with Crippen molar-refractivity contribution in [2.45, 2.75) is 34.1 Å². The number of aromatic nitrogens is 2. The second kappa shape index (κ2) is 6.68. The first-order valence-electron chi connectivity index (χ1n) is 6.88. The van der Waals surface area contributed by atoms with Gasteiger partial charge < -0.3 is 5.32 Å². The molecule has 20 heavy (non-hydrogen) atoms. The van der Waals surface area contributed by atoms with E-state index in [0.717, 1.165) is 39.7 Å². The predicted octanol–water partition coefficient (Wildman–Crippen LogP) is 4.91. The molecule has 0 aliphatic heterocycles. The van der Waals surface area contributed by atoms with Crippen LogP contribution in [0.25, 0.3) is 10.7 Å². The summed E-state index contributed by atoms with van der Waals surface area (Å²) in [5, 5.41) is 3.31. The molecule has 0 atom stereocenters. The lowest BCUT2D eigenvalue weighted by molar-refractivity contribution is 0.632. The third-order valence-electron chi connectivity index (χ3n) is 2.83. The molecular formula is C15H20BrN3S. The average molecular weight is 354 g/mol. The zero-order valence-electron chi connectivity index (χ0n) is 12.3. The van der Waals surface area contributed by atoms with Gasteiger partial charge >= 0.3 is 0 Å². The Morgan fingerprint density at radius 3 is 2.60 bits per heavy atom. The first kappa shape index (κ1) is 15.4. The normalized spacial score (nSPS) is 11.1.